The molecule has 4 rings (SSSR count). The van der Waals surface area contributed by atoms with Gasteiger partial charge in [-0.25, -0.2) is 0 Å². The minimum absolute atomic E-state index is 0.743. The van der Waals surface area contributed by atoms with Crippen molar-refractivity contribution in [3.63, 3.8) is 0 Å². The molecule has 0 saturated heterocycles. The summed E-state index contributed by atoms with van der Waals surface area (Å²) in [6.07, 6.45) is 2.02. The summed E-state index contributed by atoms with van der Waals surface area (Å²) in [6.45, 7) is 2.88. The van der Waals surface area contributed by atoms with Crippen molar-refractivity contribution in [1.82, 2.24) is 4.90 Å². The highest BCUT2D eigenvalue weighted by molar-refractivity contribution is 5.78. The lowest BCUT2D eigenvalue weighted by atomic mass is 9.95. The van der Waals surface area contributed by atoms with Gasteiger partial charge in [-0.05, 0) is 40.3 Å². The predicted octanol–water partition coefficient (Wildman–Crippen LogP) is 4.72. The molecule has 1 aliphatic heterocycles. The third-order valence-corrected chi connectivity index (χ3v) is 4.95. The van der Waals surface area contributed by atoms with Crippen molar-refractivity contribution >= 4 is 6.29 Å². The Balaban J connectivity index is 1.65. The highest BCUT2D eigenvalue weighted by Gasteiger charge is 2.17. The van der Waals surface area contributed by atoms with Crippen LogP contribution < -0.4 is 0 Å². The molecular formula is C23H21NO. The maximum Gasteiger partial charge on any atom is 0.150 e. The van der Waals surface area contributed by atoms with Crippen LogP contribution in [0.2, 0.25) is 0 Å². The Morgan fingerprint density at radius 3 is 2.44 bits per heavy atom. The van der Waals surface area contributed by atoms with Crippen LogP contribution in [0, 0.1) is 0 Å². The zero-order valence-electron chi connectivity index (χ0n) is 14.2. The van der Waals surface area contributed by atoms with E-state index in [0.29, 0.717) is 0 Å². The predicted molar refractivity (Wildman–Crippen MR) is 102 cm³/mol. The number of hydrogen-bond donors (Lipinski definition) is 0. The van der Waals surface area contributed by atoms with E-state index in [4.69, 9.17) is 0 Å². The van der Waals surface area contributed by atoms with Crippen LogP contribution in [0.5, 0.6) is 0 Å². The van der Waals surface area contributed by atoms with Gasteiger partial charge in [0.25, 0.3) is 0 Å². The smallest absolute Gasteiger partial charge is 0.150 e. The number of fused-ring (bicyclic) bond motifs is 1. The summed E-state index contributed by atoms with van der Waals surface area (Å²) < 4.78 is 0. The van der Waals surface area contributed by atoms with E-state index >= 15 is 0 Å². The first-order chi connectivity index (χ1) is 12.3. The third kappa shape index (κ3) is 3.40. The van der Waals surface area contributed by atoms with E-state index < -0.39 is 0 Å². The van der Waals surface area contributed by atoms with Crippen LogP contribution in [0.3, 0.4) is 0 Å². The molecule has 0 aliphatic carbocycles. The van der Waals surface area contributed by atoms with Gasteiger partial charge in [0.15, 0.2) is 0 Å². The maximum absolute atomic E-state index is 11.2. The second kappa shape index (κ2) is 7.04. The lowest BCUT2D eigenvalue weighted by molar-refractivity contribution is 0.112. The first-order valence-electron chi connectivity index (χ1n) is 8.76. The Bertz CT molecular complexity index is 886. The number of carbonyl (C=O) groups is 1. The normalized spacial score (nSPS) is 14.1. The van der Waals surface area contributed by atoms with E-state index in [9.17, 15) is 4.79 Å². The Morgan fingerprint density at radius 2 is 1.64 bits per heavy atom. The van der Waals surface area contributed by atoms with Gasteiger partial charge in [-0.15, -0.1) is 0 Å². The topological polar surface area (TPSA) is 20.3 Å². The van der Waals surface area contributed by atoms with E-state index in [1.165, 1.54) is 27.8 Å². The Hall–Kier alpha value is -2.71. The van der Waals surface area contributed by atoms with E-state index in [-0.39, 0.29) is 0 Å². The van der Waals surface area contributed by atoms with Crippen LogP contribution in [0.25, 0.3) is 11.1 Å². The summed E-state index contributed by atoms with van der Waals surface area (Å²) in [5.74, 6) is 0. The summed E-state index contributed by atoms with van der Waals surface area (Å²) in [5, 5.41) is 0. The summed E-state index contributed by atoms with van der Waals surface area (Å²) in [5.41, 5.74) is 7.25. The van der Waals surface area contributed by atoms with Gasteiger partial charge < -0.3 is 0 Å². The zero-order chi connectivity index (χ0) is 17.1. The van der Waals surface area contributed by atoms with Crippen molar-refractivity contribution in [2.24, 2.45) is 0 Å². The molecule has 25 heavy (non-hydrogen) atoms. The molecule has 1 heterocycles. The van der Waals surface area contributed by atoms with Gasteiger partial charge in [0, 0.05) is 25.2 Å². The second-order valence-electron chi connectivity index (χ2n) is 6.63. The summed E-state index contributed by atoms with van der Waals surface area (Å²) in [7, 11) is 0. The molecule has 0 radical (unpaired) electrons. The number of benzene rings is 3. The minimum Gasteiger partial charge on any atom is -0.298 e. The highest BCUT2D eigenvalue weighted by atomic mass is 16.1. The third-order valence-electron chi connectivity index (χ3n) is 4.95. The molecule has 3 aromatic carbocycles. The van der Waals surface area contributed by atoms with Gasteiger partial charge >= 0.3 is 0 Å². The molecule has 1 aliphatic rings. The SMILES string of the molecule is O=Cc1ccc(-c2ccccc2)c(CN2CCc3ccccc3C2)c1. The molecule has 124 valence electrons. The molecule has 0 bridgehead atoms. The lowest BCUT2D eigenvalue weighted by Gasteiger charge is -2.29. The fourth-order valence-corrected chi connectivity index (χ4v) is 3.65. The van der Waals surface area contributed by atoms with Gasteiger partial charge in [-0.2, -0.15) is 0 Å². The molecule has 0 fully saturated rings. The van der Waals surface area contributed by atoms with Gasteiger partial charge in [0.2, 0.25) is 0 Å². The summed E-state index contributed by atoms with van der Waals surface area (Å²) in [4.78, 5) is 13.7. The number of carbonyl (C=O) groups excluding carboxylic acids is 1. The number of hydrogen-bond acceptors (Lipinski definition) is 2. The van der Waals surface area contributed by atoms with Gasteiger partial charge in [0.1, 0.15) is 6.29 Å². The first-order valence-corrected chi connectivity index (χ1v) is 8.76. The Kier molecular flexibility index (Phi) is 4.45. The number of aldehydes is 1. The Morgan fingerprint density at radius 1 is 0.880 bits per heavy atom. The fraction of sp³-hybridized carbons (Fsp3) is 0.174. The molecule has 2 nitrogen and oxygen atoms in total. The standard InChI is InChI=1S/C23H21NO/c25-17-18-10-11-23(20-7-2-1-3-8-20)22(14-18)16-24-13-12-19-6-4-5-9-21(19)15-24/h1-11,14,17H,12-13,15-16H2. The van der Waals surface area contributed by atoms with Crippen molar-refractivity contribution in [2.75, 3.05) is 6.54 Å². The zero-order valence-corrected chi connectivity index (χ0v) is 14.2. The maximum atomic E-state index is 11.2. The summed E-state index contributed by atoms with van der Waals surface area (Å²) in [6, 6.07) is 25.1. The van der Waals surface area contributed by atoms with Gasteiger partial charge in [-0.3, -0.25) is 9.69 Å². The number of nitrogens with zero attached hydrogens (tertiary/aromatic N) is 1. The van der Waals surface area contributed by atoms with Crippen LogP contribution in [0.1, 0.15) is 27.0 Å². The quantitative estimate of drug-likeness (QED) is 0.646. The molecule has 0 aromatic heterocycles. The molecule has 0 atom stereocenters. The number of rotatable bonds is 4. The lowest BCUT2D eigenvalue weighted by Crippen LogP contribution is -2.30. The van der Waals surface area contributed by atoms with Crippen LogP contribution >= 0.6 is 0 Å². The van der Waals surface area contributed by atoms with Crippen LogP contribution in [0.15, 0.2) is 72.8 Å². The molecule has 0 unspecified atom stereocenters. The second-order valence-corrected chi connectivity index (χ2v) is 6.63. The molecule has 0 N–H and O–H groups in total. The molecular weight excluding hydrogens is 306 g/mol. The van der Waals surface area contributed by atoms with Crippen molar-refractivity contribution in [3.05, 3.63) is 95.1 Å². The van der Waals surface area contributed by atoms with Crippen molar-refractivity contribution in [1.29, 1.82) is 0 Å². The average Bonchev–Trinajstić information content (AvgIpc) is 2.68. The van der Waals surface area contributed by atoms with E-state index in [0.717, 1.165) is 37.9 Å². The van der Waals surface area contributed by atoms with E-state index in [2.05, 4.69) is 59.5 Å². The molecule has 0 spiro atoms. The monoisotopic (exact) mass is 327 g/mol. The van der Waals surface area contributed by atoms with Gasteiger partial charge in [-0.1, -0.05) is 66.7 Å². The molecule has 3 aromatic rings. The first kappa shape index (κ1) is 15.8. The van der Waals surface area contributed by atoms with E-state index in [1.54, 1.807) is 0 Å². The largest absolute Gasteiger partial charge is 0.298 e. The summed E-state index contributed by atoms with van der Waals surface area (Å²) >= 11 is 0. The van der Waals surface area contributed by atoms with E-state index in [1.807, 2.05) is 18.2 Å². The van der Waals surface area contributed by atoms with Crippen molar-refractivity contribution in [2.45, 2.75) is 19.5 Å². The van der Waals surface area contributed by atoms with Crippen LogP contribution in [0.4, 0.5) is 0 Å². The Labute approximate surface area is 148 Å². The minimum atomic E-state index is 0.743. The van der Waals surface area contributed by atoms with Crippen molar-refractivity contribution < 1.29 is 4.79 Å². The van der Waals surface area contributed by atoms with Gasteiger partial charge in [0.05, 0.1) is 0 Å². The molecule has 2 heteroatoms. The molecule has 0 saturated carbocycles. The highest BCUT2D eigenvalue weighted by Crippen LogP contribution is 2.27. The van der Waals surface area contributed by atoms with Crippen molar-refractivity contribution in [3.8, 4) is 11.1 Å². The molecule has 0 amide bonds. The van der Waals surface area contributed by atoms with Crippen LogP contribution in [-0.2, 0) is 19.5 Å². The van der Waals surface area contributed by atoms with Crippen LogP contribution in [-0.4, -0.2) is 17.7 Å². The average molecular weight is 327 g/mol. The fourth-order valence-electron chi connectivity index (χ4n) is 3.65.